The average Bonchev–Trinajstić information content (AvgIpc) is 2.35. The quantitative estimate of drug-likeness (QED) is 0.715. The first-order chi connectivity index (χ1) is 8.58. The van der Waals surface area contributed by atoms with Gasteiger partial charge in [0, 0.05) is 6.54 Å². The molecule has 1 amide bonds. The van der Waals surface area contributed by atoms with Crippen molar-refractivity contribution in [1.29, 1.82) is 0 Å². The van der Waals surface area contributed by atoms with Gasteiger partial charge in [-0.1, -0.05) is 13.8 Å². The zero-order valence-corrected chi connectivity index (χ0v) is 12.2. The molecule has 18 heavy (non-hydrogen) atoms. The summed E-state index contributed by atoms with van der Waals surface area (Å²) in [6, 6.07) is 0. The molecule has 1 rings (SSSR count). The molecule has 0 aromatic rings. The molecule has 1 heterocycles. The molecule has 1 fully saturated rings. The summed E-state index contributed by atoms with van der Waals surface area (Å²) >= 11 is 0. The van der Waals surface area contributed by atoms with Crippen LogP contribution in [0.3, 0.4) is 0 Å². The smallest absolute Gasteiger partial charge is 0.234 e. The van der Waals surface area contributed by atoms with E-state index in [1.165, 1.54) is 19.3 Å². The van der Waals surface area contributed by atoms with Crippen LogP contribution in [0.15, 0.2) is 0 Å². The molecular weight excluding hydrogens is 226 g/mol. The molecule has 2 N–H and O–H groups in total. The number of hydrogen-bond acceptors (Lipinski definition) is 3. The standard InChI is InChI=1S/C14H29N3O/c1-12(2)10-16-14(18)11-17(3)9-6-13-4-7-15-8-5-13/h12-13,15H,4-11H2,1-3H3,(H,16,18). The van der Waals surface area contributed by atoms with Gasteiger partial charge in [-0.15, -0.1) is 0 Å². The molecule has 4 heteroatoms. The second-order valence-corrected chi connectivity index (χ2v) is 5.92. The molecule has 0 bridgehead atoms. The van der Waals surface area contributed by atoms with Crippen LogP contribution in [-0.2, 0) is 4.79 Å². The highest BCUT2D eigenvalue weighted by Crippen LogP contribution is 2.15. The van der Waals surface area contributed by atoms with Crippen molar-refractivity contribution in [3.63, 3.8) is 0 Å². The lowest BCUT2D eigenvalue weighted by Crippen LogP contribution is -2.38. The zero-order valence-electron chi connectivity index (χ0n) is 12.2. The van der Waals surface area contributed by atoms with Crippen LogP contribution < -0.4 is 10.6 Å². The number of rotatable bonds is 7. The van der Waals surface area contributed by atoms with Crippen LogP contribution in [0.4, 0.5) is 0 Å². The number of amides is 1. The monoisotopic (exact) mass is 255 g/mol. The van der Waals surface area contributed by atoms with Gasteiger partial charge in [0.15, 0.2) is 0 Å². The summed E-state index contributed by atoms with van der Waals surface area (Å²) in [7, 11) is 2.04. The van der Waals surface area contributed by atoms with E-state index in [9.17, 15) is 4.79 Å². The maximum Gasteiger partial charge on any atom is 0.234 e. The van der Waals surface area contributed by atoms with Gasteiger partial charge in [-0.3, -0.25) is 9.69 Å². The van der Waals surface area contributed by atoms with Crippen molar-refractivity contribution >= 4 is 5.91 Å². The first-order valence-electron chi connectivity index (χ1n) is 7.24. The molecule has 1 aliphatic heterocycles. The molecule has 0 aromatic carbocycles. The Morgan fingerprint density at radius 1 is 1.39 bits per heavy atom. The van der Waals surface area contributed by atoms with Gasteiger partial charge in [0.2, 0.25) is 5.91 Å². The predicted molar refractivity (Wildman–Crippen MR) is 75.6 cm³/mol. The van der Waals surface area contributed by atoms with Crippen molar-refractivity contribution in [3.05, 3.63) is 0 Å². The highest BCUT2D eigenvalue weighted by atomic mass is 16.2. The second kappa shape index (κ2) is 8.48. The van der Waals surface area contributed by atoms with Crippen molar-refractivity contribution in [2.24, 2.45) is 11.8 Å². The lowest BCUT2D eigenvalue weighted by molar-refractivity contribution is -0.122. The molecule has 4 nitrogen and oxygen atoms in total. The topological polar surface area (TPSA) is 44.4 Å². The number of piperidine rings is 1. The van der Waals surface area contributed by atoms with Gasteiger partial charge in [0.1, 0.15) is 0 Å². The highest BCUT2D eigenvalue weighted by Gasteiger charge is 2.14. The van der Waals surface area contributed by atoms with E-state index >= 15 is 0 Å². The minimum atomic E-state index is 0.150. The molecule has 0 radical (unpaired) electrons. The Morgan fingerprint density at radius 2 is 2.06 bits per heavy atom. The fourth-order valence-electron chi connectivity index (χ4n) is 2.27. The average molecular weight is 255 g/mol. The van der Waals surface area contributed by atoms with Gasteiger partial charge < -0.3 is 10.6 Å². The molecule has 0 aliphatic carbocycles. The molecular formula is C14H29N3O. The third kappa shape index (κ3) is 6.97. The van der Waals surface area contributed by atoms with E-state index in [4.69, 9.17) is 0 Å². The fraction of sp³-hybridized carbons (Fsp3) is 0.929. The van der Waals surface area contributed by atoms with Crippen molar-refractivity contribution in [2.75, 3.05) is 39.8 Å². The van der Waals surface area contributed by atoms with Crippen LogP contribution in [0.1, 0.15) is 33.1 Å². The molecule has 1 saturated heterocycles. The van der Waals surface area contributed by atoms with Crippen LogP contribution in [0.2, 0.25) is 0 Å². The summed E-state index contributed by atoms with van der Waals surface area (Å²) in [6.45, 7) is 8.87. The molecule has 0 aromatic heterocycles. The summed E-state index contributed by atoms with van der Waals surface area (Å²) in [5.74, 6) is 1.51. The van der Waals surface area contributed by atoms with Gasteiger partial charge >= 0.3 is 0 Å². The summed E-state index contributed by atoms with van der Waals surface area (Å²) in [5.41, 5.74) is 0. The van der Waals surface area contributed by atoms with E-state index in [1.807, 2.05) is 7.05 Å². The number of carbonyl (C=O) groups excluding carboxylic acids is 1. The summed E-state index contributed by atoms with van der Waals surface area (Å²) in [4.78, 5) is 13.8. The fourth-order valence-corrected chi connectivity index (χ4v) is 2.27. The molecule has 0 atom stereocenters. The molecule has 0 saturated carbocycles. The normalized spacial score (nSPS) is 17.4. The van der Waals surface area contributed by atoms with Crippen LogP contribution in [0.25, 0.3) is 0 Å². The Hall–Kier alpha value is -0.610. The molecule has 106 valence electrons. The second-order valence-electron chi connectivity index (χ2n) is 5.92. The first kappa shape index (κ1) is 15.4. The van der Waals surface area contributed by atoms with Gasteiger partial charge in [0.05, 0.1) is 6.54 Å². The van der Waals surface area contributed by atoms with E-state index in [1.54, 1.807) is 0 Å². The zero-order chi connectivity index (χ0) is 13.4. The Labute approximate surface area is 111 Å². The van der Waals surface area contributed by atoms with Crippen molar-refractivity contribution in [2.45, 2.75) is 33.1 Å². The predicted octanol–water partition coefficient (Wildman–Crippen LogP) is 1.08. The Kier molecular flexibility index (Phi) is 7.28. The molecule has 0 unspecified atom stereocenters. The SMILES string of the molecule is CC(C)CNC(=O)CN(C)CCC1CCNCC1. The molecule has 1 aliphatic rings. The first-order valence-corrected chi connectivity index (χ1v) is 7.24. The van der Waals surface area contributed by atoms with Crippen LogP contribution in [0, 0.1) is 11.8 Å². The van der Waals surface area contributed by atoms with Gasteiger partial charge in [-0.2, -0.15) is 0 Å². The van der Waals surface area contributed by atoms with Crippen molar-refractivity contribution < 1.29 is 4.79 Å². The third-order valence-corrected chi connectivity index (χ3v) is 3.50. The van der Waals surface area contributed by atoms with Crippen LogP contribution in [-0.4, -0.2) is 50.6 Å². The van der Waals surface area contributed by atoms with E-state index in [0.29, 0.717) is 12.5 Å². The Balaban J connectivity index is 2.08. The minimum Gasteiger partial charge on any atom is -0.355 e. The summed E-state index contributed by atoms with van der Waals surface area (Å²) < 4.78 is 0. The number of hydrogen-bond donors (Lipinski definition) is 2. The Bertz CT molecular complexity index is 237. The molecule has 0 spiro atoms. The Morgan fingerprint density at radius 3 is 2.67 bits per heavy atom. The maximum atomic E-state index is 11.6. The largest absolute Gasteiger partial charge is 0.355 e. The van der Waals surface area contributed by atoms with Gasteiger partial charge in [-0.25, -0.2) is 0 Å². The maximum absolute atomic E-state index is 11.6. The number of nitrogens with zero attached hydrogens (tertiary/aromatic N) is 1. The van der Waals surface area contributed by atoms with E-state index < -0.39 is 0 Å². The third-order valence-electron chi connectivity index (χ3n) is 3.50. The highest BCUT2D eigenvalue weighted by molar-refractivity contribution is 5.77. The summed E-state index contributed by atoms with van der Waals surface area (Å²) in [5, 5.41) is 6.34. The van der Waals surface area contributed by atoms with Crippen LogP contribution >= 0.6 is 0 Å². The summed E-state index contributed by atoms with van der Waals surface area (Å²) in [6.07, 6.45) is 3.79. The van der Waals surface area contributed by atoms with Crippen molar-refractivity contribution in [3.8, 4) is 0 Å². The van der Waals surface area contributed by atoms with E-state index in [-0.39, 0.29) is 5.91 Å². The van der Waals surface area contributed by atoms with E-state index in [2.05, 4.69) is 29.4 Å². The van der Waals surface area contributed by atoms with Crippen molar-refractivity contribution in [1.82, 2.24) is 15.5 Å². The lowest BCUT2D eigenvalue weighted by atomic mass is 9.94. The van der Waals surface area contributed by atoms with E-state index in [0.717, 1.165) is 32.1 Å². The number of likely N-dealkylation sites (N-methyl/N-ethyl adjacent to an activating group) is 1. The lowest BCUT2D eigenvalue weighted by Gasteiger charge is -2.25. The van der Waals surface area contributed by atoms with Gasteiger partial charge in [0.25, 0.3) is 0 Å². The minimum absolute atomic E-state index is 0.150. The van der Waals surface area contributed by atoms with Gasteiger partial charge in [-0.05, 0) is 57.8 Å². The van der Waals surface area contributed by atoms with Crippen LogP contribution in [0.5, 0.6) is 0 Å². The number of carbonyl (C=O) groups is 1. The number of nitrogens with one attached hydrogen (secondary N) is 2.